The fourth-order valence-electron chi connectivity index (χ4n) is 2.81. The Kier molecular flexibility index (Phi) is 6.15. The Morgan fingerprint density at radius 1 is 0.926 bits per heavy atom. The molecule has 5 heteroatoms. The van der Waals surface area contributed by atoms with Crippen molar-refractivity contribution in [3.8, 4) is 5.75 Å². The minimum Gasteiger partial charge on any atom is -0.487 e. The number of carbonyl (C=O) groups excluding carboxylic acids is 1. The van der Waals surface area contributed by atoms with Gasteiger partial charge in [0.2, 0.25) is 0 Å². The molecule has 3 aromatic rings. The molecule has 0 spiro atoms. The molecule has 5 nitrogen and oxygen atoms in total. The number of hydrogen-bond donors (Lipinski definition) is 1. The number of carboxylic acid groups (broad SMARTS) is 1. The molecule has 0 amide bonds. The van der Waals surface area contributed by atoms with Crippen LogP contribution in [0, 0.1) is 0 Å². The summed E-state index contributed by atoms with van der Waals surface area (Å²) in [4.78, 5) is 27.3. The molecule has 0 bridgehead atoms. The van der Waals surface area contributed by atoms with Gasteiger partial charge in [0.1, 0.15) is 12.4 Å². The number of carbonyl (C=O) groups is 2. The van der Waals surface area contributed by atoms with Crippen LogP contribution in [0.1, 0.15) is 41.7 Å². The maximum Gasteiger partial charge on any atom is 0.303 e. The molecule has 0 saturated carbocycles. The first kappa shape index (κ1) is 18.6. The van der Waals surface area contributed by atoms with Gasteiger partial charge in [-0.3, -0.25) is 9.59 Å². The number of aromatic nitrogens is 1. The third-order valence-electron chi connectivity index (χ3n) is 4.24. The number of pyridine rings is 1. The monoisotopic (exact) mass is 363 g/mol. The van der Waals surface area contributed by atoms with Crippen molar-refractivity contribution in [2.45, 2.75) is 32.3 Å². The van der Waals surface area contributed by atoms with Gasteiger partial charge in [0.15, 0.2) is 5.78 Å². The van der Waals surface area contributed by atoms with Crippen LogP contribution in [0.3, 0.4) is 0 Å². The average Bonchev–Trinajstić information content (AvgIpc) is 2.69. The van der Waals surface area contributed by atoms with Gasteiger partial charge < -0.3 is 9.84 Å². The van der Waals surface area contributed by atoms with Crippen molar-refractivity contribution in [3.05, 3.63) is 71.9 Å². The number of unbranched alkanes of at least 4 members (excludes halogenated alkanes) is 1. The zero-order chi connectivity index (χ0) is 19.1. The highest BCUT2D eigenvalue weighted by Crippen LogP contribution is 2.18. The summed E-state index contributed by atoms with van der Waals surface area (Å²) in [7, 11) is 0. The lowest BCUT2D eigenvalue weighted by Crippen LogP contribution is -2.02. The first-order chi connectivity index (χ1) is 13.1. The maximum atomic E-state index is 12.2. The van der Waals surface area contributed by atoms with Crippen molar-refractivity contribution in [2.24, 2.45) is 0 Å². The van der Waals surface area contributed by atoms with Crippen LogP contribution >= 0.6 is 0 Å². The van der Waals surface area contributed by atoms with E-state index in [0.717, 1.165) is 16.6 Å². The number of ether oxygens (including phenoxy) is 1. The van der Waals surface area contributed by atoms with Crippen molar-refractivity contribution in [3.63, 3.8) is 0 Å². The van der Waals surface area contributed by atoms with Gasteiger partial charge in [0, 0.05) is 23.8 Å². The van der Waals surface area contributed by atoms with Crippen LogP contribution < -0.4 is 4.74 Å². The molecule has 1 aromatic heterocycles. The van der Waals surface area contributed by atoms with E-state index in [0.29, 0.717) is 37.2 Å². The summed E-state index contributed by atoms with van der Waals surface area (Å²) in [5.41, 5.74) is 2.32. The topological polar surface area (TPSA) is 76.5 Å². The summed E-state index contributed by atoms with van der Waals surface area (Å²) in [6, 6.07) is 18.9. The van der Waals surface area contributed by atoms with Crippen molar-refractivity contribution >= 4 is 22.7 Å². The van der Waals surface area contributed by atoms with Crippen molar-refractivity contribution in [1.82, 2.24) is 4.98 Å². The van der Waals surface area contributed by atoms with Crippen LogP contribution in [0.5, 0.6) is 5.75 Å². The summed E-state index contributed by atoms with van der Waals surface area (Å²) in [6.07, 6.45) is 1.50. The Labute approximate surface area is 157 Å². The molecule has 0 atom stereocenters. The largest absolute Gasteiger partial charge is 0.487 e. The highest BCUT2D eigenvalue weighted by atomic mass is 16.5. The van der Waals surface area contributed by atoms with Gasteiger partial charge in [-0.15, -0.1) is 0 Å². The van der Waals surface area contributed by atoms with Gasteiger partial charge >= 0.3 is 5.97 Å². The first-order valence-corrected chi connectivity index (χ1v) is 8.94. The Morgan fingerprint density at radius 2 is 1.74 bits per heavy atom. The Hall–Kier alpha value is -3.21. The zero-order valence-corrected chi connectivity index (χ0v) is 14.9. The van der Waals surface area contributed by atoms with Gasteiger partial charge in [-0.05, 0) is 37.1 Å². The predicted octanol–water partition coefficient (Wildman–Crippen LogP) is 4.64. The number of rotatable bonds is 9. The third-order valence-corrected chi connectivity index (χ3v) is 4.24. The third kappa shape index (κ3) is 5.38. The molecule has 138 valence electrons. The molecule has 0 aliphatic carbocycles. The molecule has 3 rings (SSSR count). The van der Waals surface area contributed by atoms with Crippen molar-refractivity contribution in [1.29, 1.82) is 0 Å². The van der Waals surface area contributed by atoms with Crippen LogP contribution in [-0.2, 0) is 11.4 Å². The standard InChI is InChI=1S/C22H21NO4/c24-21(10-3-4-11-22(25)26)17-7-5-8-19(14-17)27-15-18-13-12-16-6-1-2-9-20(16)23-18/h1-2,5-9,12-14H,3-4,10-11,15H2,(H,25,26). The molecule has 0 saturated heterocycles. The van der Waals surface area contributed by atoms with Gasteiger partial charge in [0.25, 0.3) is 0 Å². The van der Waals surface area contributed by atoms with E-state index >= 15 is 0 Å². The molecular formula is C22H21NO4. The van der Waals surface area contributed by atoms with E-state index < -0.39 is 5.97 Å². The second kappa shape index (κ2) is 8.94. The summed E-state index contributed by atoms with van der Waals surface area (Å²) >= 11 is 0. The number of para-hydroxylation sites is 1. The fourth-order valence-corrected chi connectivity index (χ4v) is 2.81. The highest BCUT2D eigenvalue weighted by molar-refractivity contribution is 5.96. The van der Waals surface area contributed by atoms with Crippen LogP contribution in [0.25, 0.3) is 10.9 Å². The molecule has 27 heavy (non-hydrogen) atoms. The van der Waals surface area contributed by atoms with E-state index in [1.807, 2.05) is 42.5 Å². The van der Waals surface area contributed by atoms with Crippen LogP contribution in [0.2, 0.25) is 0 Å². The molecule has 0 aliphatic heterocycles. The lowest BCUT2D eigenvalue weighted by Gasteiger charge is -2.08. The van der Waals surface area contributed by atoms with Crippen LogP contribution in [-0.4, -0.2) is 21.8 Å². The zero-order valence-electron chi connectivity index (χ0n) is 14.9. The minimum atomic E-state index is -0.833. The van der Waals surface area contributed by atoms with Gasteiger partial charge in [-0.25, -0.2) is 4.98 Å². The molecule has 0 fully saturated rings. The van der Waals surface area contributed by atoms with Crippen LogP contribution in [0.4, 0.5) is 0 Å². The van der Waals surface area contributed by atoms with E-state index in [2.05, 4.69) is 4.98 Å². The maximum absolute atomic E-state index is 12.2. The fraction of sp³-hybridized carbons (Fsp3) is 0.227. The average molecular weight is 363 g/mol. The van der Waals surface area contributed by atoms with Crippen molar-refractivity contribution in [2.75, 3.05) is 0 Å². The smallest absolute Gasteiger partial charge is 0.303 e. The summed E-state index contributed by atoms with van der Waals surface area (Å²) in [5, 5.41) is 9.72. The lowest BCUT2D eigenvalue weighted by atomic mass is 10.0. The Balaban J connectivity index is 1.58. The molecule has 1 N–H and O–H groups in total. The van der Waals surface area contributed by atoms with E-state index in [9.17, 15) is 9.59 Å². The van der Waals surface area contributed by atoms with Gasteiger partial charge in [-0.2, -0.15) is 0 Å². The van der Waals surface area contributed by atoms with E-state index in [1.54, 1.807) is 18.2 Å². The summed E-state index contributed by atoms with van der Waals surface area (Å²) in [5.74, 6) is -0.226. The number of benzene rings is 2. The van der Waals surface area contributed by atoms with Crippen LogP contribution in [0.15, 0.2) is 60.7 Å². The number of ketones is 1. The quantitative estimate of drug-likeness (QED) is 0.443. The Morgan fingerprint density at radius 3 is 2.59 bits per heavy atom. The first-order valence-electron chi connectivity index (χ1n) is 8.94. The van der Waals surface area contributed by atoms with E-state index in [1.165, 1.54) is 0 Å². The summed E-state index contributed by atoms with van der Waals surface area (Å²) in [6.45, 7) is 0.321. The number of Topliss-reactive ketones (excluding diaryl/α,β-unsaturated/α-hetero) is 1. The minimum absolute atomic E-state index is 0.00494. The second-order valence-corrected chi connectivity index (χ2v) is 6.34. The summed E-state index contributed by atoms with van der Waals surface area (Å²) < 4.78 is 5.80. The second-order valence-electron chi connectivity index (χ2n) is 6.34. The molecule has 0 unspecified atom stereocenters. The van der Waals surface area contributed by atoms with Crippen molar-refractivity contribution < 1.29 is 19.4 Å². The molecule has 1 heterocycles. The normalized spacial score (nSPS) is 10.7. The molecule has 2 aromatic carbocycles. The number of carboxylic acids is 1. The Bertz CT molecular complexity index is 952. The molecule has 0 radical (unpaired) electrons. The molecular weight excluding hydrogens is 342 g/mol. The number of nitrogens with zero attached hydrogens (tertiary/aromatic N) is 1. The van der Waals surface area contributed by atoms with Gasteiger partial charge in [-0.1, -0.05) is 36.4 Å². The van der Waals surface area contributed by atoms with Gasteiger partial charge in [0.05, 0.1) is 11.2 Å². The number of fused-ring (bicyclic) bond motifs is 1. The number of aliphatic carboxylic acids is 1. The molecule has 0 aliphatic rings. The SMILES string of the molecule is O=C(O)CCCCC(=O)c1cccc(OCc2ccc3ccccc3n2)c1. The lowest BCUT2D eigenvalue weighted by molar-refractivity contribution is -0.137. The van der Waals surface area contributed by atoms with E-state index in [4.69, 9.17) is 9.84 Å². The predicted molar refractivity (Wildman–Crippen MR) is 103 cm³/mol. The van der Waals surface area contributed by atoms with E-state index in [-0.39, 0.29) is 12.2 Å². The number of hydrogen-bond acceptors (Lipinski definition) is 4. The highest BCUT2D eigenvalue weighted by Gasteiger charge is 2.08.